The van der Waals surface area contributed by atoms with Crippen molar-refractivity contribution in [2.75, 3.05) is 23.0 Å². The molecular formula is C29H27N5O4. The molecule has 4 N–H and O–H groups in total. The van der Waals surface area contributed by atoms with Gasteiger partial charge in [-0.2, -0.15) is 4.98 Å². The SMILES string of the molecule is C=C/C=C(\C=C)Oc1ccc(NC(=O)c2c(N)cc(Nc3ccc(-c4cnco4)cc3)nc2OCC)cc1. The van der Waals surface area contributed by atoms with Gasteiger partial charge in [0.25, 0.3) is 5.91 Å². The quantitative estimate of drug-likeness (QED) is 0.158. The van der Waals surface area contributed by atoms with Gasteiger partial charge < -0.3 is 30.3 Å². The first kappa shape index (κ1) is 25.8. The number of hydrogen-bond acceptors (Lipinski definition) is 8. The van der Waals surface area contributed by atoms with E-state index in [1.54, 1.807) is 61.7 Å². The number of nitrogens with two attached hydrogens (primary N) is 1. The number of carbonyl (C=O) groups is 1. The van der Waals surface area contributed by atoms with Crippen molar-refractivity contribution in [2.24, 2.45) is 0 Å². The van der Waals surface area contributed by atoms with Crippen LogP contribution in [-0.4, -0.2) is 22.5 Å². The molecular weight excluding hydrogens is 482 g/mol. The summed E-state index contributed by atoms with van der Waals surface area (Å²) in [6.45, 7) is 9.46. The molecule has 192 valence electrons. The van der Waals surface area contributed by atoms with Crippen molar-refractivity contribution in [3.63, 3.8) is 0 Å². The maximum Gasteiger partial charge on any atom is 0.263 e. The van der Waals surface area contributed by atoms with Gasteiger partial charge in [0.05, 0.1) is 18.5 Å². The van der Waals surface area contributed by atoms with Crippen LogP contribution in [0.15, 0.2) is 109 Å². The highest BCUT2D eigenvalue weighted by Crippen LogP contribution is 2.30. The van der Waals surface area contributed by atoms with Crippen molar-refractivity contribution in [2.45, 2.75) is 6.92 Å². The second kappa shape index (κ2) is 12.1. The van der Waals surface area contributed by atoms with Gasteiger partial charge in [-0.05, 0) is 67.6 Å². The zero-order valence-electron chi connectivity index (χ0n) is 20.8. The topological polar surface area (TPSA) is 125 Å². The Kier molecular flexibility index (Phi) is 8.20. The van der Waals surface area contributed by atoms with Gasteiger partial charge in [0.1, 0.15) is 22.9 Å². The Labute approximate surface area is 220 Å². The maximum atomic E-state index is 13.1. The molecule has 0 aliphatic carbocycles. The molecule has 2 heterocycles. The summed E-state index contributed by atoms with van der Waals surface area (Å²) in [5.74, 6) is 1.90. The van der Waals surface area contributed by atoms with Gasteiger partial charge in [-0.25, -0.2) is 4.98 Å². The number of aromatic nitrogens is 2. The first-order valence-corrected chi connectivity index (χ1v) is 11.7. The summed E-state index contributed by atoms with van der Waals surface area (Å²) < 4.78 is 16.7. The molecule has 38 heavy (non-hydrogen) atoms. The van der Waals surface area contributed by atoms with E-state index >= 15 is 0 Å². The molecule has 1 amide bonds. The van der Waals surface area contributed by atoms with Gasteiger partial charge in [-0.3, -0.25) is 4.79 Å². The van der Waals surface area contributed by atoms with Crippen LogP contribution in [0.4, 0.5) is 22.9 Å². The second-order valence-corrected chi connectivity index (χ2v) is 7.87. The summed E-state index contributed by atoms with van der Waals surface area (Å²) in [6, 6.07) is 16.0. The Bertz CT molecular complexity index is 1440. The zero-order valence-corrected chi connectivity index (χ0v) is 20.8. The van der Waals surface area contributed by atoms with Crippen LogP contribution in [0.25, 0.3) is 11.3 Å². The van der Waals surface area contributed by atoms with Crippen LogP contribution in [0.2, 0.25) is 0 Å². The van der Waals surface area contributed by atoms with E-state index in [0.717, 1.165) is 11.3 Å². The Morgan fingerprint density at radius 1 is 1.11 bits per heavy atom. The number of carbonyl (C=O) groups excluding carboxylic acids is 1. The number of ether oxygens (including phenoxy) is 2. The van der Waals surface area contributed by atoms with Crippen molar-refractivity contribution >= 4 is 28.8 Å². The summed E-state index contributed by atoms with van der Waals surface area (Å²) >= 11 is 0. The van der Waals surface area contributed by atoms with Crippen LogP contribution in [0.1, 0.15) is 17.3 Å². The van der Waals surface area contributed by atoms with Crippen molar-refractivity contribution in [1.82, 2.24) is 9.97 Å². The summed E-state index contributed by atoms with van der Waals surface area (Å²) in [5.41, 5.74) is 8.84. The minimum atomic E-state index is -0.451. The Hall–Kier alpha value is -5.31. The molecule has 4 aromatic rings. The number of nitrogens with one attached hydrogen (secondary N) is 2. The van der Waals surface area contributed by atoms with Crippen molar-refractivity contribution in [3.05, 3.63) is 110 Å². The minimum Gasteiger partial charge on any atom is -0.477 e. The van der Waals surface area contributed by atoms with E-state index < -0.39 is 5.91 Å². The fraction of sp³-hybridized carbons (Fsp3) is 0.0690. The molecule has 9 nitrogen and oxygen atoms in total. The third kappa shape index (κ3) is 6.27. The molecule has 0 fully saturated rings. The number of nitrogen functional groups attached to an aromatic ring is 1. The second-order valence-electron chi connectivity index (χ2n) is 7.87. The van der Waals surface area contributed by atoms with Crippen LogP contribution in [0, 0.1) is 0 Å². The minimum absolute atomic E-state index is 0.121. The number of amides is 1. The number of pyridine rings is 1. The maximum absolute atomic E-state index is 13.1. The third-order valence-corrected chi connectivity index (χ3v) is 5.23. The lowest BCUT2D eigenvalue weighted by atomic mass is 10.1. The van der Waals surface area contributed by atoms with Crippen LogP contribution >= 0.6 is 0 Å². The summed E-state index contributed by atoms with van der Waals surface area (Å²) in [4.78, 5) is 21.5. The molecule has 0 bridgehead atoms. The number of nitrogens with zero attached hydrogens (tertiary/aromatic N) is 2. The van der Waals surface area contributed by atoms with Crippen LogP contribution in [0.3, 0.4) is 0 Å². The smallest absolute Gasteiger partial charge is 0.263 e. The predicted molar refractivity (Wildman–Crippen MR) is 149 cm³/mol. The van der Waals surface area contributed by atoms with E-state index in [4.69, 9.17) is 19.6 Å². The summed E-state index contributed by atoms with van der Waals surface area (Å²) in [6.07, 6.45) is 7.91. The lowest BCUT2D eigenvalue weighted by Gasteiger charge is -2.15. The van der Waals surface area contributed by atoms with Crippen LogP contribution in [-0.2, 0) is 0 Å². The fourth-order valence-electron chi connectivity index (χ4n) is 3.49. The molecule has 2 aromatic heterocycles. The standard InChI is InChI=1S/C29H27N5O4/c1-4-7-22(5-2)38-23-14-12-21(13-15-23)33-28(35)27-24(30)16-26(34-29(27)36-6-3)32-20-10-8-19(9-11-20)25-17-31-18-37-25/h4-5,7-18H,1-2,6H2,3H3,(H,33,35)(H3,30,32,34)/b22-7+. The molecule has 0 spiro atoms. The van der Waals surface area contributed by atoms with Crippen molar-refractivity contribution < 1.29 is 18.7 Å². The van der Waals surface area contributed by atoms with E-state index in [0.29, 0.717) is 35.4 Å². The Morgan fingerprint density at radius 3 is 2.47 bits per heavy atom. The lowest BCUT2D eigenvalue weighted by molar-refractivity contribution is 0.102. The monoisotopic (exact) mass is 509 g/mol. The zero-order chi connectivity index (χ0) is 26.9. The van der Waals surface area contributed by atoms with Crippen molar-refractivity contribution in [1.29, 1.82) is 0 Å². The number of oxazole rings is 1. The Balaban J connectivity index is 1.49. The largest absolute Gasteiger partial charge is 0.477 e. The first-order valence-electron chi connectivity index (χ1n) is 11.7. The number of anilines is 4. The average molecular weight is 510 g/mol. The fourth-order valence-corrected chi connectivity index (χ4v) is 3.49. The van der Waals surface area contributed by atoms with Crippen LogP contribution < -0.4 is 25.8 Å². The molecule has 2 aromatic carbocycles. The molecule has 0 aliphatic heterocycles. The molecule has 0 atom stereocenters. The normalized spacial score (nSPS) is 10.9. The van der Waals surface area contributed by atoms with Gasteiger partial charge in [-0.1, -0.05) is 19.2 Å². The highest BCUT2D eigenvalue weighted by molar-refractivity contribution is 6.09. The molecule has 4 rings (SSSR count). The highest BCUT2D eigenvalue weighted by Gasteiger charge is 2.20. The summed E-state index contributed by atoms with van der Waals surface area (Å²) in [7, 11) is 0. The number of allylic oxidation sites excluding steroid dienone is 3. The van der Waals surface area contributed by atoms with Gasteiger partial charge in [0.15, 0.2) is 12.2 Å². The van der Waals surface area contributed by atoms with E-state index in [9.17, 15) is 4.79 Å². The Morgan fingerprint density at radius 2 is 1.84 bits per heavy atom. The molecule has 0 saturated carbocycles. The molecule has 0 unspecified atom stereocenters. The van der Waals surface area contributed by atoms with E-state index in [2.05, 4.69) is 33.8 Å². The highest BCUT2D eigenvalue weighted by atomic mass is 16.5. The van der Waals surface area contributed by atoms with E-state index in [1.807, 2.05) is 24.3 Å². The molecule has 0 aliphatic rings. The molecule has 0 radical (unpaired) electrons. The van der Waals surface area contributed by atoms with Gasteiger partial charge in [-0.15, -0.1) is 0 Å². The van der Waals surface area contributed by atoms with E-state index in [1.165, 1.54) is 6.39 Å². The average Bonchev–Trinajstić information content (AvgIpc) is 3.45. The number of hydrogen-bond donors (Lipinski definition) is 3. The van der Waals surface area contributed by atoms with Crippen LogP contribution in [0.5, 0.6) is 11.6 Å². The first-order chi connectivity index (χ1) is 18.5. The van der Waals surface area contributed by atoms with Crippen molar-refractivity contribution in [3.8, 4) is 23.0 Å². The van der Waals surface area contributed by atoms with Gasteiger partial charge in [0.2, 0.25) is 5.88 Å². The van der Waals surface area contributed by atoms with E-state index in [-0.39, 0.29) is 17.1 Å². The molecule has 0 saturated heterocycles. The third-order valence-electron chi connectivity index (χ3n) is 5.23. The lowest BCUT2D eigenvalue weighted by Crippen LogP contribution is -2.17. The number of rotatable bonds is 11. The molecule has 9 heteroatoms. The number of benzene rings is 2. The predicted octanol–water partition coefficient (Wildman–Crippen LogP) is 6.35. The van der Waals surface area contributed by atoms with Gasteiger partial charge >= 0.3 is 0 Å². The summed E-state index contributed by atoms with van der Waals surface area (Å²) in [5, 5.41) is 6.01. The van der Waals surface area contributed by atoms with Gasteiger partial charge in [0, 0.05) is 23.0 Å².